The highest BCUT2D eigenvalue weighted by molar-refractivity contribution is 7.81. The molecule has 0 saturated carbocycles. The smallest absolute Gasteiger partial charge is 0.125 e. The van der Waals surface area contributed by atoms with Gasteiger partial charge in [-0.05, 0) is 19.1 Å². The molecule has 1 aromatic carbocycles. The molecule has 1 aromatic rings. The summed E-state index contributed by atoms with van der Waals surface area (Å²) in [5.41, 5.74) is 1.54. The molecule has 0 heterocycles. The van der Waals surface area contributed by atoms with Crippen LogP contribution in [0.1, 0.15) is 26.3 Å². The van der Waals surface area contributed by atoms with E-state index in [-0.39, 0.29) is 16.3 Å². The van der Waals surface area contributed by atoms with Gasteiger partial charge in [0.2, 0.25) is 0 Å². The maximum atomic E-state index is 10.1. The van der Waals surface area contributed by atoms with E-state index in [0.29, 0.717) is 0 Å². The number of anilines is 1. The molecule has 0 fully saturated rings. The zero-order chi connectivity index (χ0) is 14.6. The Balaban J connectivity index is 3.00. The van der Waals surface area contributed by atoms with Crippen molar-refractivity contribution in [2.24, 2.45) is 5.41 Å². The minimum absolute atomic E-state index is 0.000360. The van der Waals surface area contributed by atoms with E-state index in [1.807, 2.05) is 58.0 Å². The van der Waals surface area contributed by atoms with E-state index in [2.05, 4.69) is 5.32 Å². The van der Waals surface area contributed by atoms with E-state index in [4.69, 9.17) is 17.5 Å². The van der Waals surface area contributed by atoms with Crippen molar-refractivity contribution in [1.82, 2.24) is 0 Å². The second-order valence-corrected chi connectivity index (χ2v) is 5.81. The minimum Gasteiger partial charge on any atom is -0.510 e. The zero-order valence-electron chi connectivity index (χ0n) is 11.6. The molecule has 0 unspecified atom stereocenters. The Morgan fingerprint density at radius 2 is 1.79 bits per heavy atom. The molecule has 0 aromatic heterocycles. The number of benzene rings is 1. The van der Waals surface area contributed by atoms with Crippen molar-refractivity contribution in [3.8, 4) is 6.07 Å². The Hall–Kier alpha value is -1.86. The number of nitrogens with one attached hydrogen (secondary N) is 1. The Bertz CT molecular complexity index is 545. The molecule has 0 bridgehead atoms. The van der Waals surface area contributed by atoms with Crippen LogP contribution < -0.4 is 5.32 Å². The van der Waals surface area contributed by atoms with E-state index >= 15 is 0 Å². The lowest BCUT2D eigenvalue weighted by molar-refractivity contribution is 0.275. The minimum atomic E-state index is -0.510. The molecule has 0 amide bonds. The van der Waals surface area contributed by atoms with Gasteiger partial charge >= 0.3 is 0 Å². The molecule has 0 spiro atoms. The van der Waals surface area contributed by atoms with Gasteiger partial charge in [0, 0.05) is 11.1 Å². The van der Waals surface area contributed by atoms with Crippen LogP contribution in [0.2, 0.25) is 0 Å². The average molecular weight is 274 g/mol. The number of nitrogens with zero attached hydrogens (tertiary/aromatic N) is 1. The molecule has 1 rings (SSSR count). The summed E-state index contributed by atoms with van der Waals surface area (Å²) < 4.78 is 0. The third kappa shape index (κ3) is 4.08. The van der Waals surface area contributed by atoms with Crippen LogP contribution in [0.25, 0.3) is 0 Å². The summed E-state index contributed by atoms with van der Waals surface area (Å²) >= 11 is 5.18. The topological polar surface area (TPSA) is 56.0 Å². The first-order chi connectivity index (χ1) is 8.75. The number of allylic oxidation sites excluding steroid dienone is 1. The van der Waals surface area contributed by atoms with Crippen molar-refractivity contribution in [2.45, 2.75) is 27.7 Å². The third-order valence-corrected chi connectivity index (χ3v) is 2.90. The van der Waals surface area contributed by atoms with Gasteiger partial charge in [0.25, 0.3) is 0 Å². The van der Waals surface area contributed by atoms with Crippen LogP contribution in [-0.4, -0.2) is 10.1 Å². The lowest BCUT2D eigenvalue weighted by Gasteiger charge is -2.19. The van der Waals surface area contributed by atoms with Gasteiger partial charge in [0.15, 0.2) is 0 Å². The standard InChI is InChI=1S/C15H18N2OS/c1-10-5-7-11(8-6-10)17-14(19)12(9-16)13(18)15(2,3)4/h5-8,18H,1-4H3,(H,17,19)/b13-12-. The molecule has 100 valence electrons. The third-order valence-electron chi connectivity index (χ3n) is 2.60. The van der Waals surface area contributed by atoms with E-state index in [0.717, 1.165) is 11.3 Å². The highest BCUT2D eigenvalue weighted by Gasteiger charge is 2.23. The van der Waals surface area contributed by atoms with Crippen molar-refractivity contribution in [3.63, 3.8) is 0 Å². The summed E-state index contributed by atoms with van der Waals surface area (Å²) in [5.74, 6) is -0.000360. The first kappa shape index (κ1) is 15.2. The molecule has 19 heavy (non-hydrogen) atoms. The zero-order valence-corrected chi connectivity index (χ0v) is 12.4. The molecule has 0 aliphatic carbocycles. The second-order valence-electron chi connectivity index (χ2n) is 5.41. The molecular weight excluding hydrogens is 256 g/mol. The maximum Gasteiger partial charge on any atom is 0.125 e. The SMILES string of the molecule is Cc1ccc(NC(=S)/C(C#N)=C(\O)C(C)(C)C)cc1. The van der Waals surface area contributed by atoms with Crippen LogP contribution in [0.5, 0.6) is 0 Å². The molecule has 0 atom stereocenters. The van der Waals surface area contributed by atoms with E-state index < -0.39 is 5.41 Å². The Labute approximate surface area is 119 Å². The molecular formula is C15H18N2OS. The summed E-state index contributed by atoms with van der Waals surface area (Å²) in [6.07, 6.45) is 0. The monoisotopic (exact) mass is 274 g/mol. The van der Waals surface area contributed by atoms with Crippen molar-refractivity contribution < 1.29 is 5.11 Å². The number of hydrogen-bond donors (Lipinski definition) is 2. The Kier molecular flexibility index (Phi) is 4.68. The van der Waals surface area contributed by atoms with Gasteiger partial charge in [0.1, 0.15) is 22.4 Å². The highest BCUT2D eigenvalue weighted by Crippen LogP contribution is 2.26. The summed E-state index contributed by atoms with van der Waals surface area (Å²) in [6.45, 7) is 7.48. The fraction of sp³-hybridized carbons (Fsp3) is 0.333. The summed E-state index contributed by atoms with van der Waals surface area (Å²) in [7, 11) is 0. The molecule has 0 aliphatic rings. The molecule has 3 nitrogen and oxygen atoms in total. The molecule has 0 radical (unpaired) electrons. The summed E-state index contributed by atoms with van der Waals surface area (Å²) in [5, 5.41) is 22.2. The largest absolute Gasteiger partial charge is 0.510 e. The number of aliphatic hydroxyl groups excluding tert-OH is 1. The van der Waals surface area contributed by atoms with Crippen LogP contribution in [0.15, 0.2) is 35.6 Å². The molecule has 2 N–H and O–H groups in total. The number of thiocarbonyl (C=S) groups is 1. The Morgan fingerprint density at radius 1 is 1.26 bits per heavy atom. The van der Waals surface area contributed by atoms with Gasteiger partial charge in [-0.1, -0.05) is 50.7 Å². The second kappa shape index (κ2) is 5.85. The van der Waals surface area contributed by atoms with E-state index in [1.54, 1.807) is 0 Å². The summed E-state index contributed by atoms with van der Waals surface area (Å²) in [4.78, 5) is 0.235. The highest BCUT2D eigenvalue weighted by atomic mass is 32.1. The van der Waals surface area contributed by atoms with Crippen LogP contribution in [-0.2, 0) is 0 Å². The normalized spacial score (nSPS) is 12.4. The van der Waals surface area contributed by atoms with Crippen LogP contribution >= 0.6 is 12.2 Å². The predicted molar refractivity (Wildman–Crippen MR) is 82.1 cm³/mol. The van der Waals surface area contributed by atoms with Crippen molar-refractivity contribution in [2.75, 3.05) is 5.32 Å². The van der Waals surface area contributed by atoms with Crippen LogP contribution in [0.3, 0.4) is 0 Å². The van der Waals surface area contributed by atoms with Gasteiger partial charge in [-0.2, -0.15) is 5.26 Å². The fourth-order valence-electron chi connectivity index (χ4n) is 1.42. The molecule has 0 aliphatic heterocycles. The number of aliphatic hydroxyl groups is 1. The first-order valence-electron chi connectivity index (χ1n) is 5.97. The molecule has 4 heteroatoms. The quantitative estimate of drug-likeness (QED) is 0.369. The van der Waals surface area contributed by atoms with Crippen molar-refractivity contribution in [1.29, 1.82) is 5.26 Å². The van der Waals surface area contributed by atoms with Crippen LogP contribution in [0, 0.1) is 23.7 Å². The van der Waals surface area contributed by atoms with Gasteiger partial charge in [-0.3, -0.25) is 0 Å². The Morgan fingerprint density at radius 3 is 2.21 bits per heavy atom. The van der Waals surface area contributed by atoms with Crippen molar-refractivity contribution in [3.05, 3.63) is 41.2 Å². The van der Waals surface area contributed by atoms with E-state index in [1.165, 1.54) is 0 Å². The maximum absolute atomic E-state index is 10.1. The number of hydrogen-bond acceptors (Lipinski definition) is 3. The first-order valence-corrected chi connectivity index (χ1v) is 6.38. The van der Waals surface area contributed by atoms with Gasteiger partial charge in [0.05, 0.1) is 0 Å². The lowest BCUT2D eigenvalue weighted by atomic mass is 9.91. The van der Waals surface area contributed by atoms with E-state index in [9.17, 15) is 5.11 Å². The average Bonchev–Trinajstić information content (AvgIpc) is 2.31. The number of nitriles is 1. The van der Waals surface area contributed by atoms with Crippen molar-refractivity contribution >= 4 is 22.9 Å². The number of rotatable bonds is 2. The summed E-state index contributed by atoms with van der Waals surface area (Å²) in [6, 6.07) is 9.62. The van der Waals surface area contributed by atoms with Crippen LogP contribution in [0.4, 0.5) is 5.69 Å². The van der Waals surface area contributed by atoms with Gasteiger partial charge in [-0.25, -0.2) is 0 Å². The lowest BCUT2D eigenvalue weighted by Crippen LogP contribution is -2.19. The van der Waals surface area contributed by atoms with Gasteiger partial charge in [-0.15, -0.1) is 0 Å². The molecule has 0 saturated heterocycles. The predicted octanol–water partition coefficient (Wildman–Crippen LogP) is 4.12. The van der Waals surface area contributed by atoms with Gasteiger partial charge < -0.3 is 10.4 Å². The fourth-order valence-corrected chi connectivity index (χ4v) is 1.68. The number of aryl methyl sites for hydroxylation is 1.